The van der Waals surface area contributed by atoms with Crippen molar-refractivity contribution < 1.29 is 9.15 Å². The highest BCUT2D eigenvalue weighted by Gasteiger charge is 2.18. The summed E-state index contributed by atoms with van der Waals surface area (Å²) in [5, 5.41) is 0.866. The van der Waals surface area contributed by atoms with Crippen molar-refractivity contribution in [3.63, 3.8) is 0 Å². The Morgan fingerprint density at radius 3 is 2.60 bits per heavy atom. The standard InChI is InChI=1S/C17H18O3/c1-5-7-13-14(20-17(3,4)6-2)10-8-12-9-11-15(18)19-16(12)13/h5-6,8-11H,1-2,7H2,3-4H3. The van der Waals surface area contributed by atoms with Gasteiger partial charge >= 0.3 is 5.63 Å². The van der Waals surface area contributed by atoms with Crippen LogP contribution in [-0.4, -0.2) is 5.60 Å². The number of benzene rings is 1. The van der Waals surface area contributed by atoms with Gasteiger partial charge in [-0.2, -0.15) is 0 Å². The lowest BCUT2D eigenvalue weighted by Gasteiger charge is -2.24. The summed E-state index contributed by atoms with van der Waals surface area (Å²) in [7, 11) is 0. The number of allylic oxidation sites excluding steroid dienone is 1. The second-order valence-corrected chi connectivity index (χ2v) is 5.12. The quantitative estimate of drug-likeness (QED) is 0.611. The van der Waals surface area contributed by atoms with Crippen LogP contribution in [0.2, 0.25) is 0 Å². The van der Waals surface area contributed by atoms with E-state index in [-0.39, 0.29) is 5.63 Å². The van der Waals surface area contributed by atoms with E-state index < -0.39 is 5.60 Å². The summed E-state index contributed by atoms with van der Waals surface area (Å²) >= 11 is 0. The Bertz CT molecular complexity index is 708. The summed E-state index contributed by atoms with van der Waals surface area (Å²) in [6, 6.07) is 6.91. The zero-order valence-electron chi connectivity index (χ0n) is 11.8. The van der Waals surface area contributed by atoms with Crippen molar-refractivity contribution in [3.05, 3.63) is 65.6 Å². The van der Waals surface area contributed by atoms with Crippen LogP contribution in [0.5, 0.6) is 5.75 Å². The van der Waals surface area contributed by atoms with Crippen LogP contribution in [-0.2, 0) is 6.42 Å². The van der Waals surface area contributed by atoms with Gasteiger partial charge in [-0.3, -0.25) is 0 Å². The van der Waals surface area contributed by atoms with E-state index in [1.54, 1.807) is 18.2 Å². The molecule has 3 heteroatoms. The number of rotatable bonds is 5. The molecule has 1 aromatic heterocycles. The fraction of sp³-hybridized carbons (Fsp3) is 0.235. The van der Waals surface area contributed by atoms with Crippen molar-refractivity contribution in [2.75, 3.05) is 0 Å². The minimum atomic E-state index is -0.501. The smallest absolute Gasteiger partial charge is 0.336 e. The molecule has 0 saturated heterocycles. The summed E-state index contributed by atoms with van der Waals surface area (Å²) in [6.45, 7) is 11.3. The molecule has 0 aliphatic rings. The zero-order chi connectivity index (χ0) is 14.8. The molecule has 0 radical (unpaired) electrons. The maximum absolute atomic E-state index is 11.4. The van der Waals surface area contributed by atoms with Gasteiger partial charge in [0, 0.05) is 17.0 Å². The van der Waals surface area contributed by atoms with Gasteiger partial charge in [-0.15, -0.1) is 6.58 Å². The average molecular weight is 270 g/mol. The Hall–Kier alpha value is -2.29. The first-order chi connectivity index (χ1) is 9.46. The van der Waals surface area contributed by atoms with E-state index in [4.69, 9.17) is 9.15 Å². The third kappa shape index (κ3) is 2.82. The van der Waals surface area contributed by atoms with Crippen LogP contribution >= 0.6 is 0 Å². The summed E-state index contributed by atoms with van der Waals surface area (Å²) in [6.07, 6.45) is 4.05. The first-order valence-electron chi connectivity index (χ1n) is 6.46. The second kappa shape index (κ2) is 5.37. The van der Waals surface area contributed by atoms with Crippen LogP contribution in [0, 0.1) is 0 Å². The molecular formula is C17H18O3. The van der Waals surface area contributed by atoms with Crippen LogP contribution in [0.25, 0.3) is 11.0 Å². The Morgan fingerprint density at radius 2 is 1.95 bits per heavy atom. The van der Waals surface area contributed by atoms with Gasteiger partial charge in [-0.1, -0.05) is 12.7 Å². The van der Waals surface area contributed by atoms with E-state index in [0.29, 0.717) is 17.8 Å². The molecule has 0 bridgehead atoms. The summed E-state index contributed by atoms with van der Waals surface area (Å²) < 4.78 is 11.3. The van der Waals surface area contributed by atoms with Crippen LogP contribution in [0.1, 0.15) is 19.4 Å². The van der Waals surface area contributed by atoms with E-state index >= 15 is 0 Å². The van der Waals surface area contributed by atoms with Crippen molar-refractivity contribution >= 4 is 11.0 Å². The third-order valence-corrected chi connectivity index (χ3v) is 3.06. The van der Waals surface area contributed by atoms with Gasteiger partial charge in [0.1, 0.15) is 16.9 Å². The molecule has 20 heavy (non-hydrogen) atoms. The van der Waals surface area contributed by atoms with Crippen molar-refractivity contribution in [1.82, 2.24) is 0 Å². The topological polar surface area (TPSA) is 39.4 Å². The molecule has 104 valence electrons. The highest BCUT2D eigenvalue weighted by atomic mass is 16.5. The molecule has 2 rings (SSSR count). The van der Waals surface area contributed by atoms with E-state index in [2.05, 4.69) is 13.2 Å². The largest absolute Gasteiger partial charge is 0.483 e. The second-order valence-electron chi connectivity index (χ2n) is 5.12. The average Bonchev–Trinajstić information content (AvgIpc) is 2.41. The molecule has 0 aliphatic heterocycles. The first-order valence-corrected chi connectivity index (χ1v) is 6.46. The van der Waals surface area contributed by atoms with Crippen LogP contribution in [0.15, 0.2) is 58.8 Å². The number of hydrogen-bond acceptors (Lipinski definition) is 3. The molecule has 0 N–H and O–H groups in total. The summed E-state index contributed by atoms with van der Waals surface area (Å²) in [5.41, 5.74) is 0.501. The molecule has 0 atom stereocenters. The van der Waals surface area contributed by atoms with Crippen LogP contribution < -0.4 is 10.4 Å². The molecule has 0 fully saturated rings. The molecule has 1 aromatic carbocycles. The van der Waals surface area contributed by atoms with Crippen molar-refractivity contribution in [2.24, 2.45) is 0 Å². The number of ether oxygens (including phenoxy) is 1. The molecule has 0 amide bonds. The number of hydrogen-bond donors (Lipinski definition) is 0. The van der Waals surface area contributed by atoms with Crippen molar-refractivity contribution in [1.29, 1.82) is 0 Å². The molecule has 0 aliphatic carbocycles. The zero-order valence-corrected chi connectivity index (χ0v) is 11.8. The lowest BCUT2D eigenvalue weighted by Crippen LogP contribution is -2.25. The molecule has 0 spiro atoms. The van der Waals surface area contributed by atoms with Crippen LogP contribution in [0.4, 0.5) is 0 Å². The van der Waals surface area contributed by atoms with Gasteiger partial charge < -0.3 is 9.15 Å². The fourth-order valence-electron chi connectivity index (χ4n) is 1.93. The maximum Gasteiger partial charge on any atom is 0.336 e. The van der Waals surface area contributed by atoms with Gasteiger partial charge in [0.25, 0.3) is 0 Å². The van der Waals surface area contributed by atoms with Gasteiger partial charge in [0.2, 0.25) is 0 Å². The normalized spacial score (nSPS) is 11.3. The molecule has 3 nitrogen and oxygen atoms in total. The van der Waals surface area contributed by atoms with Gasteiger partial charge in [-0.25, -0.2) is 4.79 Å². The Morgan fingerprint density at radius 1 is 1.25 bits per heavy atom. The van der Waals surface area contributed by atoms with Crippen LogP contribution in [0.3, 0.4) is 0 Å². The van der Waals surface area contributed by atoms with E-state index in [9.17, 15) is 4.79 Å². The number of fused-ring (bicyclic) bond motifs is 1. The molecular weight excluding hydrogens is 252 g/mol. The fourth-order valence-corrected chi connectivity index (χ4v) is 1.93. The Balaban J connectivity index is 2.65. The first kappa shape index (κ1) is 14.1. The lowest BCUT2D eigenvalue weighted by atomic mass is 10.1. The Labute approximate surface area is 118 Å². The van der Waals surface area contributed by atoms with Gasteiger partial charge in [0.05, 0.1) is 0 Å². The van der Waals surface area contributed by atoms with E-state index in [1.807, 2.05) is 26.0 Å². The molecule has 0 saturated carbocycles. The third-order valence-electron chi connectivity index (χ3n) is 3.06. The predicted octanol–water partition coefficient (Wildman–Crippen LogP) is 3.86. The Kier molecular flexibility index (Phi) is 3.79. The highest BCUT2D eigenvalue weighted by molar-refractivity contribution is 5.82. The monoisotopic (exact) mass is 270 g/mol. The minimum absolute atomic E-state index is 0.372. The maximum atomic E-state index is 11.4. The highest BCUT2D eigenvalue weighted by Crippen LogP contribution is 2.30. The van der Waals surface area contributed by atoms with Gasteiger partial charge in [0.15, 0.2) is 0 Å². The molecule has 2 aromatic rings. The van der Waals surface area contributed by atoms with Crippen molar-refractivity contribution in [3.8, 4) is 5.75 Å². The van der Waals surface area contributed by atoms with Crippen molar-refractivity contribution in [2.45, 2.75) is 25.9 Å². The summed E-state index contributed by atoms with van der Waals surface area (Å²) in [4.78, 5) is 11.4. The van der Waals surface area contributed by atoms with E-state index in [1.165, 1.54) is 6.07 Å². The van der Waals surface area contributed by atoms with E-state index in [0.717, 1.165) is 10.9 Å². The minimum Gasteiger partial charge on any atom is -0.483 e. The lowest BCUT2D eigenvalue weighted by molar-refractivity contribution is 0.161. The summed E-state index contributed by atoms with van der Waals surface area (Å²) in [5.74, 6) is 0.677. The predicted molar refractivity (Wildman–Crippen MR) is 81.3 cm³/mol. The SMILES string of the molecule is C=CCc1c(OC(C)(C)C=C)ccc2ccc(=O)oc12. The van der Waals surface area contributed by atoms with Gasteiger partial charge in [-0.05, 0) is 44.5 Å². The molecule has 0 unspecified atom stereocenters. The molecule has 1 heterocycles.